The molecule has 1 aromatic heterocycles. The number of aromatic nitrogens is 1. The molecule has 94 valence electrons. The fraction of sp³-hybridized carbons (Fsp3) is 0.0833. The molecular weight excluding hydrogens is 275 g/mol. The average molecular weight is 285 g/mol. The van der Waals surface area contributed by atoms with Gasteiger partial charge in [0.2, 0.25) is 11.8 Å². The summed E-state index contributed by atoms with van der Waals surface area (Å²) in [5, 5.41) is 0.930. The maximum Gasteiger partial charge on any atom is 0.246 e. The number of hydrogen-bond acceptors (Lipinski definition) is 4. The number of ether oxygens (including phenoxy) is 2. The van der Waals surface area contributed by atoms with E-state index in [2.05, 4.69) is 4.98 Å². The van der Waals surface area contributed by atoms with Gasteiger partial charge in [0.15, 0.2) is 0 Å². The van der Waals surface area contributed by atoms with Crippen LogP contribution in [0.15, 0.2) is 30.3 Å². The van der Waals surface area contributed by atoms with Crippen molar-refractivity contribution in [3.63, 3.8) is 0 Å². The van der Waals surface area contributed by atoms with Gasteiger partial charge in [-0.15, -0.1) is 0 Å². The molecule has 0 spiro atoms. The van der Waals surface area contributed by atoms with Crippen LogP contribution in [-0.4, -0.2) is 12.1 Å². The molecule has 2 N–H and O–H groups in total. The third-order valence-corrected chi connectivity index (χ3v) is 2.72. The molecule has 6 heteroatoms. The lowest BCUT2D eigenvalue weighted by molar-refractivity contribution is 0.384. The third-order valence-electron chi connectivity index (χ3n) is 2.17. The highest BCUT2D eigenvalue weighted by Crippen LogP contribution is 2.34. The highest BCUT2D eigenvalue weighted by Gasteiger charge is 2.09. The van der Waals surface area contributed by atoms with Gasteiger partial charge in [0, 0.05) is 17.2 Å². The van der Waals surface area contributed by atoms with Crippen LogP contribution in [0.1, 0.15) is 0 Å². The van der Waals surface area contributed by atoms with Crippen molar-refractivity contribution in [2.45, 2.75) is 0 Å². The number of halogens is 2. The third kappa shape index (κ3) is 2.78. The number of nitrogens with zero attached hydrogens (tertiary/aromatic N) is 1. The normalized spacial score (nSPS) is 10.2. The Balaban J connectivity index is 2.36. The van der Waals surface area contributed by atoms with Crippen LogP contribution in [0.25, 0.3) is 0 Å². The van der Waals surface area contributed by atoms with Crippen molar-refractivity contribution in [3.05, 3.63) is 40.4 Å². The van der Waals surface area contributed by atoms with Crippen LogP contribution in [0.4, 0.5) is 5.69 Å². The minimum absolute atomic E-state index is 0.221. The Labute approximate surface area is 114 Å². The summed E-state index contributed by atoms with van der Waals surface area (Å²) in [6, 6.07) is 8.17. The minimum Gasteiger partial charge on any atom is -0.481 e. The van der Waals surface area contributed by atoms with Crippen LogP contribution in [0, 0.1) is 0 Å². The molecule has 1 heterocycles. The van der Waals surface area contributed by atoms with E-state index in [1.165, 1.54) is 7.11 Å². The summed E-state index contributed by atoms with van der Waals surface area (Å²) < 4.78 is 10.5. The quantitative estimate of drug-likeness (QED) is 0.932. The second kappa shape index (κ2) is 5.33. The Morgan fingerprint density at radius 3 is 2.67 bits per heavy atom. The van der Waals surface area contributed by atoms with E-state index in [1.54, 1.807) is 30.3 Å². The van der Waals surface area contributed by atoms with Crippen molar-refractivity contribution in [2.24, 2.45) is 0 Å². The molecule has 0 aliphatic carbocycles. The largest absolute Gasteiger partial charge is 0.481 e. The molecule has 0 bridgehead atoms. The monoisotopic (exact) mass is 284 g/mol. The van der Waals surface area contributed by atoms with E-state index in [9.17, 15) is 0 Å². The lowest BCUT2D eigenvalue weighted by atomic mass is 10.3. The van der Waals surface area contributed by atoms with Crippen LogP contribution in [0.3, 0.4) is 0 Å². The summed E-state index contributed by atoms with van der Waals surface area (Å²) >= 11 is 11.9. The van der Waals surface area contributed by atoms with E-state index >= 15 is 0 Å². The van der Waals surface area contributed by atoms with Crippen molar-refractivity contribution < 1.29 is 9.47 Å². The van der Waals surface area contributed by atoms with Crippen molar-refractivity contribution in [3.8, 4) is 17.5 Å². The molecule has 0 aliphatic rings. The summed E-state index contributed by atoms with van der Waals surface area (Å²) in [4.78, 5) is 4.09. The van der Waals surface area contributed by atoms with Gasteiger partial charge in [-0.25, -0.2) is 0 Å². The second-order valence-electron chi connectivity index (χ2n) is 3.42. The topological polar surface area (TPSA) is 57.4 Å². The molecule has 4 nitrogen and oxygen atoms in total. The first kappa shape index (κ1) is 12.8. The number of hydrogen-bond donors (Lipinski definition) is 1. The van der Waals surface area contributed by atoms with Crippen LogP contribution in [-0.2, 0) is 0 Å². The van der Waals surface area contributed by atoms with E-state index in [0.29, 0.717) is 27.4 Å². The number of methoxy groups -OCH3 is 1. The molecule has 0 unspecified atom stereocenters. The predicted molar refractivity (Wildman–Crippen MR) is 71.7 cm³/mol. The highest BCUT2D eigenvalue weighted by atomic mass is 35.5. The van der Waals surface area contributed by atoms with Gasteiger partial charge < -0.3 is 15.2 Å². The van der Waals surface area contributed by atoms with Gasteiger partial charge >= 0.3 is 0 Å². The summed E-state index contributed by atoms with van der Waals surface area (Å²) in [5.41, 5.74) is 6.14. The Morgan fingerprint density at radius 1 is 1.17 bits per heavy atom. The number of nitrogens with two attached hydrogens (primary N) is 1. The summed E-state index contributed by atoms with van der Waals surface area (Å²) in [6.07, 6.45) is 0. The maximum atomic E-state index is 5.99. The molecule has 1 aromatic carbocycles. The first-order chi connectivity index (χ1) is 8.60. The standard InChI is InChI=1S/C12H10Cl2N2O2/c1-17-11-5-4-9(15)12(16-11)18-10-6-7(13)2-3-8(10)14/h2-6H,15H2,1H3. The Morgan fingerprint density at radius 2 is 1.94 bits per heavy atom. The number of benzene rings is 1. The average Bonchev–Trinajstić information content (AvgIpc) is 2.36. The molecule has 0 aliphatic heterocycles. The molecule has 18 heavy (non-hydrogen) atoms. The second-order valence-corrected chi connectivity index (χ2v) is 4.27. The Hall–Kier alpha value is -1.65. The number of nitrogen functional groups attached to an aromatic ring is 1. The SMILES string of the molecule is COc1ccc(N)c(Oc2cc(Cl)ccc2Cl)n1. The molecule has 0 radical (unpaired) electrons. The van der Waals surface area contributed by atoms with Crippen molar-refractivity contribution >= 4 is 28.9 Å². The van der Waals surface area contributed by atoms with Crippen molar-refractivity contribution in [1.82, 2.24) is 4.98 Å². The molecule has 0 atom stereocenters. The fourth-order valence-electron chi connectivity index (χ4n) is 1.29. The van der Waals surface area contributed by atoms with E-state index < -0.39 is 0 Å². The van der Waals surface area contributed by atoms with Gasteiger partial charge in [0.25, 0.3) is 0 Å². The van der Waals surface area contributed by atoms with Crippen LogP contribution >= 0.6 is 23.2 Å². The first-order valence-electron chi connectivity index (χ1n) is 5.03. The highest BCUT2D eigenvalue weighted by molar-refractivity contribution is 6.34. The molecule has 0 fully saturated rings. The predicted octanol–water partition coefficient (Wildman–Crippen LogP) is 3.77. The number of rotatable bonds is 3. The zero-order valence-corrected chi connectivity index (χ0v) is 11.0. The van der Waals surface area contributed by atoms with E-state index in [-0.39, 0.29) is 5.88 Å². The summed E-state index contributed by atoms with van der Waals surface area (Å²) in [5.74, 6) is 1.01. The fourth-order valence-corrected chi connectivity index (χ4v) is 1.61. The molecule has 0 amide bonds. The van der Waals surface area contributed by atoms with Crippen molar-refractivity contribution in [1.29, 1.82) is 0 Å². The van der Waals surface area contributed by atoms with Gasteiger partial charge in [-0.1, -0.05) is 23.2 Å². The smallest absolute Gasteiger partial charge is 0.246 e. The maximum absolute atomic E-state index is 5.99. The van der Waals surface area contributed by atoms with E-state index in [4.69, 9.17) is 38.4 Å². The lowest BCUT2D eigenvalue weighted by Crippen LogP contribution is -1.97. The van der Waals surface area contributed by atoms with Crippen molar-refractivity contribution in [2.75, 3.05) is 12.8 Å². The van der Waals surface area contributed by atoms with Gasteiger partial charge in [-0.2, -0.15) is 4.98 Å². The molecule has 0 saturated heterocycles. The Bertz CT molecular complexity index is 576. The number of anilines is 1. The summed E-state index contributed by atoms with van der Waals surface area (Å²) in [6.45, 7) is 0. The van der Waals surface area contributed by atoms with Crippen LogP contribution in [0.2, 0.25) is 10.0 Å². The zero-order chi connectivity index (χ0) is 13.1. The molecule has 0 saturated carbocycles. The zero-order valence-electron chi connectivity index (χ0n) is 9.48. The molecule has 2 rings (SSSR count). The molecule has 2 aromatic rings. The first-order valence-corrected chi connectivity index (χ1v) is 5.79. The van der Waals surface area contributed by atoms with Gasteiger partial charge in [-0.05, 0) is 18.2 Å². The van der Waals surface area contributed by atoms with Crippen LogP contribution < -0.4 is 15.2 Å². The summed E-state index contributed by atoms with van der Waals surface area (Å²) in [7, 11) is 1.51. The minimum atomic E-state index is 0.221. The van der Waals surface area contributed by atoms with E-state index in [1.807, 2.05) is 0 Å². The molecular formula is C12H10Cl2N2O2. The van der Waals surface area contributed by atoms with Crippen LogP contribution in [0.5, 0.6) is 17.5 Å². The van der Waals surface area contributed by atoms with Gasteiger partial charge in [0.1, 0.15) is 5.75 Å². The number of pyridine rings is 1. The van der Waals surface area contributed by atoms with Gasteiger partial charge in [-0.3, -0.25) is 0 Å². The Kier molecular flexibility index (Phi) is 3.79. The van der Waals surface area contributed by atoms with E-state index in [0.717, 1.165) is 0 Å². The lowest BCUT2D eigenvalue weighted by Gasteiger charge is -2.10. The van der Waals surface area contributed by atoms with Gasteiger partial charge in [0.05, 0.1) is 17.8 Å².